The highest BCUT2D eigenvalue weighted by molar-refractivity contribution is 6.58. The lowest BCUT2D eigenvalue weighted by atomic mass is 9.82. The average molecular weight is 294 g/mol. The van der Waals surface area contributed by atoms with Gasteiger partial charge in [-0.2, -0.15) is 0 Å². The maximum atomic E-state index is 9.07. The second-order valence-corrected chi connectivity index (χ2v) is 4.51. The zero-order valence-electron chi connectivity index (χ0n) is 10.8. The molecule has 0 unspecified atom stereocenters. The van der Waals surface area contributed by atoms with Crippen LogP contribution in [0.5, 0.6) is 11.5 Å². The van der Waals surface area contributed by atoms with Gasteiger partial charge in [-0.3, -0.25) is 4.98 Å². The lowest BCUT2D eigenvalue weighted by molar-refractivity contribution is 0.295. The minimum absolute atomic E-state index is 0.233. The van der Waals surface area contributed by atoms with Crippen LogP contribution in [0.25, 0.3) is 0 Å². The van der Waals surface area contributed by atoms with E-state index in [4.69, 9.17) is 31.1 Å². The van der Waals surface area contributed by atoms with Gasteiger partial charge in [0, 0.05) is 22.2 Å². The molecule has 0 fully saturated rings. The number of hydrogen-bond donors (Lipinski definition) is 2. The first-order valence-electron chi connectivity index (χ1n) is 5.86. The van der Waals surface area contributed by atoms with Crippen LogP contribution in [-0.4, -0.2) is 29.3 Å². The van der Waals surface area contributed by atoms with Crippen molar-refractivity contribution in [2.24, 2.45) is 0 Å². The Balaban J connectivity index is 2.12. The maximum absolute atomic E-state index is 9.07. The first-order chi connectivity index (χ1) is 9.60. The van der Waals surface area contributed by atoms with Crippen LogP contribution in [0.4, 0.5) is 0 Å². The van der Waals surface area contributed by atoms with Gasteiger partial charge < -0.3 is 19.5 Å². The third kappa shape index (κ3) is 3.63. The van der Waals surface area contributed by atoms with Crippen molar-refractivity contribution in [3.63, 3.8) is 0 Å². The molecule has 0 atom stereocenters. The normalized spacial score (nSPS) is 10.2. The molecule has 0 spiro atoms. The molecular weight excluding hydrogens is 280 g/mol. The number of methoxy groups -OCH3 is 1. The molecule has 0 saturated heterocycles. The Hall–Kier alpha value is -1.76. The molecule has 0 aliphatic carbocycles. The van der Waals surface area contributed by atoms with Gasteiger partial charge in [-0.15, -0.1) is 0 Å². The van der Waals surface area contributed by atoms with Gasteiger partial charge in [-0.05, 0) is 24.3 Å². The molecule has 5 nitrogen and oxygen atoms in total. The van der Waals surface area contributed by atoms with Crippen LogP contribution < -0.4 is 14.9 Å². The maximum Gasteiger partial charge on any atom is 0.490 e. The van der Waals surface area contributed by atoms with Crippen LogP contribution in [0, 0.1) is 0 Å². The Morgan fingerprint density at radius 2 is 2.05 bits per heavy atom. The molecule has 2 N–H and O–H groups in total. The molecule has 0 radical (unpaired) electrons. The summed E-state index contributed by atoms with van der Waals surface area (Å²) in [4.78, 5) is 3.88. The number of pyridine rings is 1. The largest absolute Gasteiger partial charge is 0.496 e. The molecule has 0 aliphatic rings. The number of aromatic nitrogens is 1. The fourth-order valence-electron chi connectivity index (χ4n) is 1.68. The SMILES string of the molecule is COc1ccc(Cl)cc1COc1cncc(B(O)O)c1. The lowest BCUT2D eigenvalue weighted by Gasteiger charge is -2.11. The summed E-state index contributed by atoms with van der Waals surface area (Å²) >= 11 is 5.93. The molecule has 0 aliphatic heterocycles. The first kappa shape index (κ1) is 14.6. The lowest BCUT2D eigenvalue weighted by Crippen LogP contribution is -2.30. The van der Waals surface area contributed by atoms with E-state index in [1.807, 2.05) is 0 Å². The van der Waals surface area contributed by atoms with Crippen molar-refractivity contribution in [1.29, 1.82) is 0 Å². The zero-order valence-corrected chi connectivity index (χ0v) is 11.5. The van der Waals surface area contributed by atoms with Crippen molar-refractivity contribution in [3.05, 3.63) is 47.2 Å². The molecule has 0 bridgehead atoms. The predicted molar refractivity (Wildman–Crippen MR) is 76.4 cm³/mol. The van der Waals surface area contributed by atoms with Crippen LogP contribution in [0.2, 0.25) is 5.02 Å². The molecule has 2 rings (SSSR count). The van der Waals surface area contributed by atoms with E-state index in [0.717, 1.165) is 5.56 Å². The molecule has 7 heteroatoms. The van der Waals surface area contributed by atoms with Crippen LogP contribution in [0.1, 0.15) is 5.56 Å². The van der Waals surface area contributed by atoms with Crippen LogP contribution in [0.15, 0.2) is 36.7 Å². The minimum Gasteiger partial charge on any atom is -0.496 e. The number of rotatable bonds is 5. The predicted octanol–water partition coefficient (Wildman–Crippen LogP) is 1.00. The summed E-state index contributed by atoms with van der Waals surface area (Å²) in [7, 11) is -0.0106. The van der Waals surface area contributed by atoms with Crippen molar-refractivity contribution in [2.45, 2.75) is 6.61 Å². The topological polar surface area (TPSA) is 71.8 Å². The number of ether oxygens (including phenoxy) is 2. The zero-order chi connectivity index (χ0) is 14.5. The summed E-state index contributed by atoms with van der Waals surface area (Å²) in [6, 6.07) is 6.74. The Labute approximate surface area is 121 Å². The van der Waals surface area contributed by atoms with Crippen LogP contribution in [0.3, 0.4) is 0 Å². The highest BCUT2D eigenvalue weighted by Crippen LogP contribution is 2.23. The Bertz CT molecular complexity index is 594. The standard InChI is InChI=1S/C13H13BClNO4/c1-19-13-3-2-11(15)4-9(13)8-20-12-5-10(14(17)18)6-16-7-12/h2-7,17-18H,8H2,1H3. The molecule has 20 heavy (non-hydrogen) atoms. The summed E-state index contributed by atoms with van der Waals surface area (Å²) in [6.07, 6.45) is 2.85. The Morgan fingerprint density at radius 1 is 1.25 bits per heavy atom. The third-order valence-corrected chi connectivity index (χ3v) is 2.90. The molecule has 0 amide bonds. The molecule has 0 saturated carbocycles. The van der Waals surface area contributed by atoms with E-state index in [2.05, 4.69) is 4.98 Å². The van der Waals surface area contributed by atoms with Crippen LogP contribution >= 0.6 is 11.6 Å². The van der Waals surface area contributed by atoms with E-state index in [0.29, 0.717) is 16.5 Å². The molecule has 1 aromatic heterocycles. The summed E-state index contributed by atoms with van der Waals surface area (Å²) in [5, 5.41) is 18.7. The summed E-state index contributed by atoms with van der Waals surface area (Å²) in [5.74, 6) is 1.10. The number of halogens is 1. The smallest absolute Gasteiger partial charge is 0.490 e. The Kier molecular flexibility index (Phi) is 4.84. The van der Waals surface area contributed by atoms with E-state index in [-0.39, 0.29) is 12.1 Å². The van der Waals surface area contributed by atoms with Gasteiger partial charge in [-0.1, -0.05) is 11.6 Å². The highest BCUT2D eigenvalue weighted by atomic mass is 35.5. The quantitative estimate of drug-likeness (QED) is 0.805. The monoisotopic (exact) mass is 293 g/mol. The van der Waals surface area contributed by atoms with Crippen molar-refractivity contribution >= 4 is 24.2 Å². The second kappa shape index (κ2) is 6.61. The molecule has 1 aromatic carbocycles. The van der Waals surface area contributed by atoms with Gasteiger partial charge in [0.25, 0.3) is 0 Å². The van der Waals surface area contributed by atoms with Crippen molar-refractivity contribution < 1.29 is 19.5 Å². The third-order valence-electron chi connectivity index (χ3n) is 2.67. The van der Waals surface area contributed by atoms with Gasteiger partial charge in [-0.25, -0.2) is 0 Å². The van der Waals surface area contributed by atoms with Gasteiger partial charge in [0.15, 0.2) is 0 Å². The van der Waals surface area contributed by atoms with Gasteiger partial charge in [0.2, 0.25) is 0 Å². The molecule has 2 aromatic rings. The van der Waals surface area contributed by atoms with E-state index in [1.54, 1.807) is 25.3 Å². The first-order valence-corrected chi connectivity index (χ1v) is 6.24. The van der Waals surface area contributed by atoms with Gasteiger partial charge in [0.1, 0.15) is 18.1 Å². The van der Waals surface area contributed by atoms with E-state index < -0.39 is 7.12 Å². The summed E-state index contributed by atoms with van der Waals surface area (Å²) < 4.78 is 10.8. The summed E-state index contributed by atoms with van der Waals surface area (Å²) in [5.41, 5.74) is 1.05. The number of hydrogen-bond acceptors (Lipinski definition) is 5. The fourth-order valence-corrected chi connectivity index (χ4v) is 1.87. The van der Waals surface area contributed by atoms with E-state index in [1.165, 1.54) is 18.5 Å². The highest BCUT2D eigenvalue weighted by Gasteiger charge is 2.12. The molecule has 1 heterocycles. The van der Waals surface area contributed by atoms with Gasteiger partial charge in [0.05, 0.1) is 13.3 Å². The fraction of sp³-hybridized carbons (Fsp3) is 0.154. The number of benzene rings is 1. The van der Waals surface area contributed by atoms with Crippen LogP contribution in [-0.2, 0) is 6.61 Å². The average Bonchev–Trinajstić information content (AvgIpc) is 2.45. The van der Waals surface area contributed by atoms with Crippen molar-refractivity contribution in [2.75, 3.05) is 7.11 Å². The molecule has 104 valence electrons. The van der Waals surface area contributed by atoms with Crippen molar-refractivity contribution in [3.8, 4) is 11.5 Å². The second-order valence-electron chi connectivity index (χ2n) is 4.07. The minimum atomic E-state index is -1.58. The van der Waals surface area contributed by atoms with E-state index in [9.17, 15) is 0 Å². The van der Waals surface area contributed by atoms with Gasteiger partial charge >= 0.3 is 7.12 Å². The Morgan fingerprint density at radius 3 is 2.75 bits per heavy atom. The van der Waals surface area contributed by atoms with E-state index >= 15 is 0 Å². The van der Waals surface area contributed by atoms with Crippen molar-refractivity contribution in [1.82, 2.24) is 4.98 Å². The number of nitrogens with zero attached hydrogens (tertiary/aromatic N) is 1. The summed E-state index contributed by atoms with van der Waals surface area (Å²) in [6.45, 7) is 0.233. The molecular formula is C13H13BClNO4.